The second-order valence-electron chi connectivity index (χ2n) is 7.59. The summed E-state index contributed by atoms with van der Waals surface area (Å²) in [6.07, 6.45) is -0.363. The molecule has 3 aromatic rings. The predicted octanol–water partition coefficient (Wildman–Crippen LogP) is 4.84. The molecule has 0 atom stereocenters. The quantitative estimate of drug-likeness (QED) is 0.501. The van der Waals surface area contributed by atoms with Gasteiger partial charge in [0.05, 0.1) is 0 Å². The van der Waals surface area contributed by atoms with E-state index in [2.05, 4.69) is 34.9 Å². The van der Waals surface area contributed by atoms with E-state index >= 15 is 0 Å². The van der Waals surface area contributed by atoms with E-state index in [0.29, 0.717) is 19.5 Å². The third-order valence-corrected chi connectivity index (χ3v) is 5.45. The highest BCUT2D eigenvalue weighted by molar-refractivity contribution is 5.79. The molecule has 0 spiro atoms. The molecule has 4 rings (SSSR count). The number of ether oxygens (including phenoxy) is 2. The number of hydrogen-bond acceptors (Lipinski definition) is 4. The van der Waals surface area contributed by atoms with Gasteiger partial charge in [-0.2, -0.15) is 0 Å². The number of fused-ring (bicyclic) bond motifs is 3. The number of hydrogen-bond donors (Lipinski definition) is 2. The average Bonchev–Trinajstić information content (AvgIpc) is 3.15. The van der Waals surface area contributed by atoms with Crippen molar-refractivity contribution < 1.29 is 19.1 Å². The number of carbonyl (C=O) groups excluding carboxylic acids is 2. The largest absolute Gasteiger partial charge is 0.449 e. The van der Waals surface area contributed by atoms with Crippen molar-refractivity contribution in [1.29, 1.82) is 0 Å². The van der Waals surface area contributed by atoms with Gasteiger partial charge in [0.2, 0.25) is 0 Å². The summed E-state index contributed by atoms with van der Waals surface area (Å²) in [5, 5.41) is 5.40. The van der Waals surface area contributed by atoms with Crippen LogP contribution >= 0.6 is 0 Å². The standard InChI is InChI=1S/C26H26N2O4/c29-25(31-17-19-9-2-1-3-10-19)27-15-8-16-28-26(30)32-18-24-22-13-6-4-11-20(22)21-12-5-7-14-23(21)24/h1-7,9-14,24H,8,15-18H2,(H,27,29)(H,28,30). The maximum Gasteiger partial charge on any atom is 0.407 e. The Hall–Kier alpha value is -3.80. The zero-order chi connectivity index (χ0) is 22.2. The van der Waals surface area contributed by atoms with Gasteiger partial charge in [0.15, 0.2) is 0 Å². The highest BCUT2D eigenvalue weighted by Gasteiger charge is 2.28. The third kappa shape index (κ3) is 5.27. The van der Waals surface area contributed by atoms with Crippen molar-refractivity contribution in [3.05, 3.63) is 95.6 Å². The first-order valence-electron chi connectivity index (χ1n) is 10.8. The van der Waals surface area contributed by atoms with Gasteiger partial charge in [-0.1, -0.05) is 78.9 Å². The molecule has 0 bridgehead atoms. The van der Waals surface area contributed by atoms with Crippen molar-refractivity contribution in [3.63, 3.8) is 0 Å². The fraction of sp³-hybridized carbons (Fsp3) is 0.231. The van der Waals surface area contributed by atoms with Crippen molar-refractivity contribution in [3.8, 4) is 11.1 Å². The Kier molecular flexibility index (Phi) is 7.02. The monoisotopic (exact) mass is 430 g/mol. The number of carbonyl (C=O) groups is 2. The Labute approximate surface area is 187 Å². The van der Waals surface area contributed by atoms with E-state index in [9.17, 15) is 9.59 Å². The van der Waals surface area contributed by atoms with Gasteiger partial charge in [-0.15, -0.1) is 0 Å². The molecule has 0 saturated heterocycles. The van der Waals surface area contributed by atoms with E-state index in [4.69, 9.17) is 9.47 Å². The van der Waals surface area contributed by atoms with Crippen molar-refractivity contribution >= 4 is 12.2 Å². The number of amides is 2. The zero-order valence-electron chi connectivity index (χ0n) is 17.8. The molecule has 0 radical (unpaired) electrons. The molecule has 32 heavy (non-hydrogen) atoms. The molecule has 0 aliphatic heterocycles. The fourth-order valence-corrected chi connectivity index (χ4v) is 3.89. The molecule has 6 nitrogen and oxygen atoms in total. The van der Waals surface area contributed by atoms with Gasteiger partial charge in [0.25, 0.3) is 0 Å². The fourth-order valence-electron chi connectivity index (χ4n) is 3.89. The molecule has 3 aromatic carbocycles. The first-order valence-corrected chi connectivity index (χ1v) is 10.8. The Morgan fingerprint density at radius 2 is 1.22 bits per heavy atom. The summed E-state index contributed by atoms with van der Waals surface area (Å²) in [5.74, 6) is 0.0363. The molecule has 2 N–H and O–H groups in total. The normalized spacial score (nSPS) is 11.9. The van der Waals surface area contributed by atoms with Gasteiger partial charge in [-0.3, -0.25) is 0 Å². The highest BCUT2D eigenvalue weighted by atomic mass is 16.6. The molecule has 6 heteroatoms. The lowest BCUT2D eigenvalue weighted by Gasteiger charge is -2.14. The molecule has 0 saturated carbocycles. The van der Waals surface area contributed by atoms with Crippen LogP contribution < -0.4 is 10.6 Å². The summed E-state index contributed by atoms with van der Waals surface area (Å²) in [4.78, 5) is 23.9. The molecule has 1 aliphatic carbocycles. The molecule has 0 unspecified atom stereocenters. The number of rotatable bonds is 8. The van der Waals surface area contributed by atoms with Crippen molar-refractivity contribution in [2.75, 3.05) is 19.7 Å². The van der Waals surface area contributed by atoms with E-state index in [0.717, 1.165) is 5.56 Å². The van der Waals surface area contributed by atoms with Crippen LogP contribution in [0.25, 0.3) is 11.1 Å². The average molecular weight is 431 g/mol. The summed E-state index contributed by atoms with van der Waals surface area (Å²) in [7, 11) is 0. The summed E-state index contributed by atoms with van der Waals surface area (Å²) in [6, 6.07) is 25.9. The van der Waals surface area contributed by atoms with Crippen LogP contribution in [0.5, 0.6) is 0 Å². The summed E-state index contributed by atoms with van der Waals surface area (Å²) >= 11 is 0. The van der Waals surface area contributed by atoms with Gasteiger partial charge < -0.3 is 20.1 Å². The Morgan fingerprint density at radius 3 is 1.84 bits per heavy atom. The van der Waals surface area contributed by atoms with Crippen LogP contribution in [0.1, 0.15) is 29.0 Å². The summed E-state index contributed by atoms with van der Waals surface area (Å²) in [5.41, 5.74) is 5.68. The number of benzene rings is 3. The van der Waals surface area contributed by atoms with E-state index in [1.807, 2.05) is 54.6 Å². The van der Waals surface area contributed by atoms with Crippen LogP contribution in [-0.4, -0.2) is 31.9 Å². The number of alkyl carbamates (subject to hydrolysis) is 2. The van der Waals surface area contributed by atoms with E-state index in [1.54, 1.807) is 0 Å². The minimum Gasteiger partial charge on any atom is -0.449 e. The van der Waals surface area contributed by atoms with Crippen LogP contribution in [0.3, 0.4) is 0 Å². The Balaban J connectivity index is 1.15. The topological polar surface area (TPSA) is 76.7 Å². The molecule has 0 aromatic heterocycles. The smallest absolute Gasteiger partial charge is 0.407 e. The van der Waals surface area contributed by atoms with E-state index in [-0.39, 0.29) is 19.1 Å². The molecular weight excluding hydrogens is 404 g/mol. The van der Waals surface area contributed by atoms with Crippen LogP contribution in [0.15, 0.2) is 78.9 Å². The van der Waals surface area contributed by atoms with Crippen molar-refractivity contribution in [2.24, 2.45) is 0 Å². The van der Waals surface area contributed by atoms with Crippen LogP contribution in [-0.2, 0) is 16.1 Å². The third-order valence-electron chi connectivity index (χ3n) is 5.45. The van der Waals surface area contributed by atoms with Gasteiger partial charge in [-0.05, 0) is 34.2 Å². The van der Waals surface area contributed by atoms with Crippen LogP contribution in [0, 0.1) is 0 Å². The maximum atomic E-state index is 12.1. The van der Waals surface area contributed by atoms with Gasteiger partial charge in [0.1, 0.15) is 13.2 Å². The van der Waals surface area contributed by atoms with Crippen LogP contribution in [0.4, 0.5) is 9.59 Å². The van der Waals surface area contributed by atoms with Crippen LogP contribution in [0.2, 0.25) is 0 Å². The lowest BCUT2D eigenvalue weighted by atomic mass is 9.98. The Bertz CT molecular complexity index is 1020. The molecule has 2 amide bonds. The molecule has 0 fully saturated rings. The first-order chi connectivity index (χ1) is 15.7. The number of nitrogens with one attached hydrogen (secondary N) is 2. The SMILES string of the molecule is O=C(NCCCNC(=O)OCC1c2ccccc2-c2ccccc21)OCc1ccccc1. The lowest BCUT2D eigenvalue weighted by molar-refractivity contribution is 0.139. The molecule has 0 heterocycles. The van der Waals surface area contributed by atoms with E-state index < -0.39 is 12.2 Å². The second-order valence-corrected chi connectivity index (χ2v) is 7.59. The molecule has 1 aliphatic rings. The lowest BCUT2D eigenvalue weighted by Crippen LogP contribution is -2.31. The van der Waals surface area contributed by atoms with Gasteiger partial charge in [-0.25, -0.2) is 9.59 Å². The minimum atomic E-state index is -0.477. The van der Waals surface area contributed by atoms with Gasteiger partial charge >= 0.3 is 12.2 Å². The highest BCUT2D eigenvalue weighted by Crippen LogP contribution is 2.44. The second kappa shape index (κ2) is 10.5. The summed E-state index contributed by atoms with van der Waals surface area (Å²) in [6.45, 7) is 1.31. The summed E-state index contributed by atoms with van der Waals surface area (Å²) < 4.78 is 10.6. The Morgan fingerprint density at radius 1 is 0.688 bits per heavy atom. The van der Waals surface area contributed by atoms with E-state index in [1.165, 1.54) is 22.3 Å². The molecular formula is C26H26N2O4. The predicted molar refractivity (Wildman–Crippen MR) is 122 cm³/mol. The minimum absolute atomic E-state index is 0.0363. The van der Waals surface area contributed by atoms with Crippen molar-refractivity contribution in [1.82, 2.24) is 10.6 Å². The zero-order valence-corrected chi connectivity index (χ0v) is 17.8. The molecule has 164 valence electrons. The van der Waals surface area contributed by atoms with Gasteiger partial charge in [0, 0.05) is 19.0 Å². The van der Waals surface area contributed by atoms with Crippen molar-refractivity contribution in [2.45, 2.75) is 18.9 Å². The maximum absolute atomic E-state index is 12.1. The first kappa shape index (κ1) is 21.4.